The van der Waals surface area contributed by atoms with Crippen molar-refractivity contribution in [1.29, 1.82) is 0 Å². The van der Waals surface area contributed by atoms with E-state index < -0.39 is 0 Å². The van der Waals surface area contributed by atoms with Gasteiger partial charge in [0, 0.05) is 18.0 Å². The van der Waals surface area contributed by atoms with Crippen molar-refractivity contribution in [2.24, 2.45) is 5.73 Å². The summed E-state index contributed by atoms with van der Waals surface area (Å²) in [5, 5.41) is 0. The molecule has 2 N–H and O–H groups in total. The maximum Gasteiger partial charge on any atom is 0.133 e. The molecule has 2 rings (SSSR count). The SMILES string of the molecule is Cc1cc(OCc2ccccc2)c(C(N)=S)cn1. The van der Waals surface area contributed by atoms with Crippen LogP contribution in [0.25, 0.3) is 0 Å². The van der Waals surface area contributed by atoms with E-state index in [0.29, 0.717) is 22.9 Å². The van der Waals surface area contributed by atoms with E-state index in [-0.39, 0.29) is 0 Å². The molecule has 3 nitrogen and oxygen atoms in total. The van der Waals surface area contributed by atoms with Crippen LogP contribution >= 0.6 is 12.2 Å². The summed E-state index contributed by atoms with van der Waals surface area (Å²) in [5.41, 5.74) is 8.29. The predicted octanol–water partition coefficient (Wildman–Crippen LogP) is 2.60. The highest BCUT2D eigenvalue weighted by Crippen LogP contribution is 2.19. The summed E-state index contributed by atoms with van der Waals surface area (Å²) in [7, 11) is 0. The maximum absolute atomic E-state index is 5.76. The highest BCUT2D eigenvalue weighted by Gasteiger charge is 2.07. The van der Waals surface area contributed by atoms with Gasteiger partial charge in [0.05, 0.1) is 5.56 Å². The van der Waals surface area contributed by atoms with Gasteiger partial charge in [-0.2, -0.15) is 0 Å². The third-order valence-corrected chi connectivity index (χ3v) is 2.73. The Bertz CT molecular complexity index is 555. The lowest BCUT2D eigenvalue weighted by atomic mass is 10.2. The van der Waals surface area contributed by atoms with Gasteiger partial charge in [-0.3, -0.25) is 4.98 Å². The van der Waals surface area contributed by atoms with Gasteiger partial charge in [-0.15, -0.1) is 0 Å². The minimum absolute atomic E-state index is 0.297. The monoisotopic (exact) mass is 258 g/mol. The minimum atomic E-state index is 0.297. The Morgan fingerprint density at radius 2 is 2.06 bits per heavy atom. The number of thiocarbonyl (C=S) groups is 1. The molecule has 1 aromatic carbocycles. The smallest absolute Gasteiger partial charge is 0.133 e. The molecule has 0 unspecified atom stereocenters. The second kappa shape index (κ2) is 5.60. The van der Waals surface area contributed by atoms with Crippen molar-refractivity contribution >= 4 is 17.2 Å². The summed E-state index contributed by atoms with van der Waals surface area (Å²) in [6.45, 7) is 2.39. The van der Waals surface area contributed by atoms with Gasteiger partial charge in [0.25, 0.3) is 0 Å². The molecule has 0 amide bonds. The molecule has 0 aliphatic heterocycles. The molecule has 0 atom stereocenters. The maximum atomic E-state index is 5.76. The van der Waals surface area contributed by atoms with Crippen molar-refractivity contribution < 1.29 is 4.74 Å². The van der Waals surface area contributed by atoms with E-state index in [2.05, 4.69) is 4.98 Å². The number of hydrogen-bond donors (Lipinski definition) is 1. The minimum Gasteiger partial charge on any atom is -0.488 e. The number of aromatic nitrogens is 1. The lowest BCUT2D eigenvalue weighted by Crippen LogP contribution is -2.12. The number of pyridine rings is 1. The Kier molecular flexibility index (Phi) is 3.89. The molecule has 0 saturated carbocycles. The Hall–Kier alpha value is -1.94. The first-order valence-corrected chi connectivity index (χ1v) is 6.01. The number of hydrogen-bond acceptors (Lipinski definition) is 3. The first kappa shape index (κ1) is 12.5. The molecule has 0 saturated heterocycles. The molecule has 4 heteroatoms. The van der Waals surface area contributed by atoms with Gasteiger partial charge in [-0.25, -0.2) is 0 Å². The summed E-state index contributed by atoms with van der Waals surface area (Å²) in [5.74, 6) is 0.679. The number of nitrogens with two attached hydrogens (primary N) is 1. The molecule has 0 fully saturated rings. The second-order valence-electron chi connectivity index (χ2n) is 3.96. The van der Waals surface area contributed by atoms with Crippen LogP contribution in [0.1, 0.15) is 16.8 Å². The Morgan fingerprint density at radius 1 is 1.33 bits per heavy atom. The summed E-state index contributed by atoms with van der Waals surface area (Å²) in [4.78, 5) is 4.47. The van der Waals surface area contributed by atoms with Crippen LogP contribution < -0.4 is 10.5 Å². The topological polar surface area (TPSA) is 48.1 Å². The normalized spacial score (nSPS) is 10.1. The predicted molar refractivity (Wildman–Crippen MR) is 75.6 cm³/mol. The first-order chi connectivity index (χ1) is 8.66. The molecule has 0 spiro atoms. The molecule has 1 heterocycles. The fraction of sp³-hybridized carbons (Fsp3) is 0.143. The quantitative estimate of drug-likeness (QED) is 0.856. The van der Waals surface area contributed by atoms with E-state index in [1.165, 1.54) is 0 Å². The summed E-state index contributed by atoms with van der Waals surface area (Å²) >= 11 is 4.98. The van der Waals surface area contributed by atoms with Crippen LogP contribution in [0, 0.1) is 6.92 Å². The van der Waals surface area contributed by atoms with Crippen LogP contribution in [-0.2, 0) is 6.61 Å². The average Bonchev–Trinajstić information content (AvgIpc) is 2.37. The zero-order valence-electron chi connectivity index (χ0n) is 10.1. The number of nitrogens with zero attached hydrogens (tertiary/aromatic N) is 1. The molecule has 2 aromatic rings. The fourth-order valence-electron chi connectivity index (χ4n) is 1.57. The van der Waals surface area contributed by atoms with Crippen molar-refractivity contribution in [3.63, 3.8) is 0 Å². The van der Waals surface area contributed by atoms with Gasteiger partial charge in [0.2, 0.25) is 0 Å². The standard InChI is InChI=1S/C14H14N2OS/c1-10-7-13(12(8-16-10)14(15)18)17-9-11-5-3-2-4-6-11/h2-8H,9H2,1H3,(H2,15,18). The van der Waals surface area contributed by atoms with Crippen LogP contribution in [0.3, 0.4) is 0 Å². The van der Waals surface area contributed by atoms with Crippen molar-refractivity contribution in [2.75, 3.05) is 0 Å². The van der Waals surface area contributed by atoms with Gasteiger partial charge < -0.3 is 10.5 Å². The molecule has 0 radical (unpaired) electrons. The average molecular weight is 258 g/mol. The van der Waals surface area contributed by atoms with Crippen LogP contribution in [0.5, 0.6) is 5.75 Å². The summed E-state index contributed by atoms with van der Waals surface area (Å²) < 4.78 is 5.76. The largest absolute Gasteiger partial charge is 0.488 e. The first-order valence-electron chi connectivity index (χ1n) is 5.60. The van der Waals surface area contributed by atoms with E-state index in [4.69, 9.17) is 22.7 Å². The summed E-state index contributed by atoms with van der Waals surface area (Å²) in [6, 6.07) is 11.8. The van der Waals surface area contributed by atoms with E-state index >= 15 is 0 Å². The number of benzene rings is 1. The van der Waals surface area contributed by atoms with E-state index in [9.17, 15) is 0 Å². The van der Waals surface area contributed by atoms with E-state index in [1.54, 1.807) is 6.20 Å². The van der Waals surface area contributed by atoms with Gasteiger partial charge in [0.1, 0.15) is 17.3 Å². The lowest BCUT2D eigenvalue weighted by molar-refractivity contribution is 0.305. The van der Waals surface area contributed by atoms with Gasteiger partial charge in [-0.1, -0.05) is 42.5 Å². The molecule has 0 aliphatic carbocycles. The molecule has 1 aromatic heterocycles. The fourth-order valence-corrected chi connectivity index (χ4v) is 1.73. The molecule has 92 valence electrons. The number of rotatable bonds is 4. The van der Waals surface area contributed by atoms with E-state index in [1.807, 2.05) is 43.3 Å². The highest BCUT2D eigenvalue weighted by atomic mass is 32.1. The van der Waals surface area contributed by atoms with Crippen LogP contribution in [0.2, 0.25) is 0 Å². The van der Waals surface area contributed by atoms with Crippen LogP contribution in [0.15, 0.2) is 42.6 Å². The van der Waals surface area contributed by atoms with E-state index in [0.717, 1.165) is 11.3 Å². The number of aryl methyl sites for hydroxylation is 1. The molecular formula is C14H14N2OS. The molecule has 0 aliphatic rings. The Morgan fingerprint density at radius 3 is 2.72 bits per heavy atom. The van der Waals surface area contributed by atoms with Gasteiger partial charge >= 0.3 is 0 Å². The molecule has 0 bridgehead atoms. The third kappa shape index (κ3) is 3.05. The number of ether oxygens (including phenoxy) is 1. The van der Waals surface area contributed by atoms with Crippen molar-refractivity contribution in [1.82, 2.24) is 4.98 Å². The summed E-state index contributed by atoms with van der Waals surface area (Å²) in [6.07, 6.45) is 1.65. The van der Waals surface area contributed by atoms with Crippen molar-refractivity contribution in [2.45, 2.75) is 13.5 Å². The zero-order valence-corrected chi connectivity index (χ0v) is 10.9. The Labute approximate surface area is 112 Å². The third-order valence-electron chi connectivity index (χ3n) is 2.51. The van der Waals surface area contributed by atoms with Crippen LogP contribution in [-0.4, -0.2) is 9.97 Å². The second-order valence-corrected chi connectivity index (χ2v) is 4.40. The van der Waals surface area contributed by atoms with Crippen LogP contribution in [0.4, 0.5) is 0 Å². The van der Waals surface area contributed by atoms with Crippen molar-refractivity contribution in [3.05, 3.63) is 59.4 Å². The molecule has 18 heavy (non-hydrogen) atoms. The lowest BCUT2D eigenvalue weighted by Gasteiger charge is -2.11. The Balaban J connectivity index is 2.18. The highest BCUT2D eigenvalue weighted by molar-refractivity contribution is 7.80. The zero-order chi connectivity index (χ0) is 13.0. The molecular weight excluding hydrogens is 244 g/mol. The van der Waals surface area contributed by atoms with Gasteiger partial charge in [0.15, 0.2) is 0 Å². The van der Waals surface area contributed by atoms with Gasteiger partial charge in [-0.05, 0) is 12.5 Å². The van der Waals surface area contributed by atoms with Crippen molar-refractivity contribution in [3.8, 4) is 5.75 Å².